The van der Waals surface area contributed by atoms with E-state index in [1.165, 1.54) is 0 Å². The van der Waals surface area contributed by atoms with Gasteiger partial charge in [0.05, 0.1) is 15.9 Å². The summed E-state index contributed by atoms with van der Waals surface area (Å²) in [6.45, 7) is 0. The molecule has 3 rings (SSSR count). The molecule has 1 heterocycles. The lowest BCUT2D eigenvalue weighted by molar-refractivity contribution is 0.383. The lowest BCUT2D eigenvalue weighted by Gasteiger charge is -2.09. The number of hydrogen-bond acceptors (Lipinski definition) is 3. The molecule has 0 spiro atoms. The van der Waals surface area contributed by atoms with Crippen LogP contribution in [0.5, 0.6) is 0 Å². The second-order valence-electron chi connectivity index (χ2n) is 4.10. The Morgan fingerprint density at radius 3 is 2.69 bits per heavy atom. The molecule has 0 amide bonds. The summed E-state index contributed by atoms with van der Waals surface area (Å²) in [7, 11) is -3.33. The minimum atomic E-state index is -3.33. The van der Waals surface area contributed by atoms with Crippen LogP contribution in [0.3, 0.4) is 0 Å². The van der Waals surface area contributed by atoms with Crippen molar-refractivity contribution < 1.29 is 13.2 Å². The Bertz CT molecular complexity index is 531. The van der Waals surface area contributed by atoms with Crippen molar-refractivity contribution >= 4 is 9.84 Å². The van der Waals surface area contributed by atoms with Crippen LogP contribution in [-0.2, 0) is 14.6 Å². The van der Waals surface area contributed by atoms with Crippen molar-refractivity contribution in [2.45, 2.75) is 29.9 Å². The molecule has 1 saturated heterocycles. The predicted octanol–water partition coefficient (Wildman–Crippen LogP) is 1.91. The average Bonchev–Trinajstić information content (AvgIpc) is 3.08. The summed E-state index contributed by atoms with van der Waals surface area (Å²) >= 11 is 0. The molecule has 84 valence electrons. The summed E-state index contributed by atoms with van der Waals surface area (Å²) in [5.74, 6) is 0. The van der Waals surface area contributed by atoms with Crippen LogP contribution in [0, 0.1) is 0 Å². The normalized spacial score (nSPS) is 28.1. The van der Waals surface area contributed by atoms with Gasteiger partial charge in [0, 0.05) is 0 Å². The van der Waals surface area contributed by atoms with Crippen molar-refractivity contribution in [1.29, 1.82) is 0 Å². The molecule has 1 fully saturated rings. The van der Waals surface area contributed by atoms with Gasteiger partial charge >= 0.3 is 0 Å². The van der Waals surface area contributed by atoms with Crippen molar-refractivity contribution in [3.63, 3.8) is 0 Å². The Balaban J connectivity index is 2.03. The highest BCUT2D eigenvalue weighted by Crippen LogP contribution is 2.41. The van der Waals surface area contributed by atoms with Gasteiger partial charge in [0.15, 0.2) is 0 Å². The molecule has 1 aromatic carbocycles. The highest BCUT2D eigenvalue weighted by molar-refractivity contribution is 7.95. The van der Waals surface area contributed by atoms with E-state index in [2.05, 4.69) is 0 Å². The number of rotatable bonds is 2. The SMILES string of the molecule is O=S(=O)(C1=CCC[C@H]2O[C@@H]12)c1ccccc1. The molecule has 0 unspecified atom stereocenters. The number of ether oxygens (including phenoxy) is 1. The third kappa shape index (κ3) is 1.49. The molecule has 2 atom stereocenters. The minimum absolute atomic E-state index is 0.137. The van der Waals surface area contributed by atoms with E-state index in [9.17, 15) is 8.42 Å². The molecule has 0 saturated carbocycles. The van der Waals surface area contributed by atoms with E-state index in [0.29, 0.717) is 9.80 Å². The fourth-order valence-corrected chi connectivity index (χ4v) is 3.76. The van der Waals surface area contributed by atoms with Crippen LogP contribution in [0.25, 0.3) is 0 Å². The van der Waals surface area contributed by atoms with E-state index in [0.717, 1.165) is 12.8 Å². The number of benzene rings is 1. The molecule has 4 heteroatoms. The number of epoxide rings is 1. The Hall–Kier alpha value is -1.13. The van der Waals surface area contributed by atoms with Crippen molar-refractivity contribution in [3.05, 3.63) is 41.3 Å². The van der Waals surface area contributed by atoms with E-state index in [1.54, 1.807) is 30.3 Å². The molecule has 0 radical (unpaired) electrons. The molecule has 1 aliphatic carbocycles. The summed E-state index contributed by atoms with van der Waals surface area (Å²) < 4.78 is 29.9. The van der Waals surface area contributed by atoms with Gasteiger partial charge < -0.3 is 4.74 Å². The van der Waals surface area contributed by atoms with Gasteiger partial charge in [-0.05, 0) is 25.0 Å². The average molecular weight is 236 g/mol. The van der Waals surface area contributed by atoms with Crippen LogP contribution in [0.2, 0.25) is 0 Å². The van der Waals surface area contributed by atoms with Gasteiger partial charge in [-0.2, -0.15) is 0 Å². The molecule has 16 heavy (non-hydrogen) atoms. The van der Waals surface area contributed by atoms with Crippen LogP contribution in [-0.4, -0.2) is 20.6 Å². The zero-order chi connectivity index (χ0) is 11.2. The molecule has 2 aliphatic rings. The largest absolute Gasteiger partial charge is 0.364 e. The second-order valence-corrected chi connectivity index (χ2v) is 6.05. The van der Waals surface area contributed by atoms with Crippen molar-refractivity contribution in [3.8, 4) is 0 Å². The highest BCUT2D eigenvalue weighted by Gasteiger charge is 2.48. The van der Waals surface area contributed by atoms with Gasteiger partial charge in [-0.25, -0.2) is 8.42 Å². The zero-order valence-corrected chi connectivity index (χ0v) is 9.48. The van der Waals surface area contributed by atoms with E-state index in [-0.39, 0.29) is 12.2 Å². The summed E-state index contributed by atoms with van der Waals surface area (Å²) in [5.41, 5.74) is 0. The Labute approximate surface area is 94.7 Å². The van der Waals surface area contributed by atoms with Gasteiger partial charge in [0.1, 0.15) is 6.10 Å². The van der Waals surface area contributed by atoms with Crippen LogP contribution in [0.15, 0.2) is 46.2 Å². The molecule has 3 nitrogen and oxygen atoms in total. The quantitative estimate of drug-likeness (QED) is 0.737. The monoisotopic (exact) mass is 236 g/mol. The summed E-state index contributed by atoms with van der Waals surface area (Å²) in [6.07, 6.45) is 3.50. The minimum Gasteiger partial charge on any atom is -0.364 e. The van der Waals surface area contributed by atoms with Crippen molar-refractivity contribution in [2.24, 2.45) is 0 Å². The smallest absolute Gasteiger partial charge is 0.205 e. The van der Waals surface area contributed by atoms with Gasteiger partial charge in [-0.3, -0.25) is 0 Å². The Morgan fingerprint density at radius 1 is 1.19 bits per heavy atom. The van der Waals surface area contributed by atoms with Crippen LogP contribution in [0.1, 0.15) is 12.8 Å². The maximum Gasteiger partial charge on any atom is 0.205 e. The van der Waals surface area contributed by atoms with Crippen LogP contribution in [0.4, 0.5) is 0 Å². The van der Waals surface area contributed by atoms with Crippen LogP contribution >= 0.6 is 0 Å². The van der Waals surface area contributed by atoms with Gasteiger partial charge in [0.2, 0.25) is 9.84 Å². The lowest BCUT2D eigenvalue weighted by Crippen LogP contribution is -2.14. The van der Waals surface area contributed by atoms with Crippen LogP contribution < -0.4 is 0 Å². The Morgan fingerprint density at radius 2 is 1.94 bits per heavy atom. The maximum atomic E-state index is 12.3. The van der Waals surface area contributed by atoms with E-state index >= 15 is 0 Å². The Kier molecular flexibility index (Phi) is 2.16. The summed E-state index contributed by atoms with van der Waals surface area (Å²) in [4.78, 5) is 0.812. The first kappa shape index (κ1) is 10.1. The molecule has 0 aromatic heterocycles. The van der Waals surface area contributed by atoms with E-state index in [1.807, 2.05) is 6.07 Å². The molecular formula is C12H12O3S. The summed E-state index contributed by atoms with van der Waals surface area (Å²) in [5, 5.41) is 0. The molecule has 0 N–H and O–H groups in total. The fourth-order valence-electron chi connectivity index (χ4n) is 2.12. The standard InChI is InChI=1S/C12H12O3S/c13-16(14,9-5-2-1-3-6-9)11-8-4-7-10-12(11)15-10/h1-3,5-6,8,10,12H,4,7H2/t10-,12-/m1/s1. The second kappa shape index (κ2) is 3.43. The number of allylic oxidation sites excluding steroid dienone is 1. The van der Waals surface area contributed by atoms with Crippen molar-refractivity contribution in [1.82, 2.24) is 0 Å². The van der Waals surface area contributed by atoms with Gasteiger partial charge in [-0.15, -0.1) is 0 Å². The fraction of sp³-hybridized carbons (Fsp3) is 0.333. The number of hydrogen-bond donors (Lipinski definition) is 0. The summed E-state index contributed by atoms with van der Waals surface area (Å²) in [6, 6.07) is 8.54. The third-order valence-corrected chi connectivity index (χ3v) is 4.94. The van der Waals surface area contributed by atoms with E-state index < -0.39 is 9.84 Å². The lowest BCUT2D eigenvalue weighted by atomic mass is 10.1. The first-order chi connectivity index (χ1) is 7.69. The molecule has 1 aromatic rings. The first-order valence-electron chi connectivity index (χ1n) is 5.35. The van der Waals surface area contributed by atoms with Crippen molar-refractivity contribution in [2.75, 3.05) is 0 Å². The van der Waals surface area contributed by atoms with Gasteiger partial charge in [0.25, 0.3) is 0 Å². The first-order valence-corrected chi connectivity index (χ1v) is 6.83. The maximum absolute atomic E-state index is 12.3. The topological polar surface area (TPSA) is 46.7 Å². The molecule has 1 aliphatic heterocycles. The third-order valence-electron chi connectivity index (χ3n) is 3.02. The van der Waals surface area contributed by atoms with E-state index in [4.69, 9.17) is 4.74 Å². The zero-order valence-electron chi connectivity index (χ0n) is 8.67. The number of fused-ring (bicyclic) bond motifs is 1. The van der Waals surface area contributed by atoms with Gasteiger partial charge in [-0.1, -0.05) is 24.3 Å². The number of sulfone groups is 1. The predicted molar refractivity (Wildman–Crippen MR) is 59.6 cm³/mol. The highest BCUT2D eigenvalue weighted by atomic mass is 32.2. The molecular weight excluding hydrogens is 224 g/mol. The molecule has 0 bridgehead atoms.